The largest absolute Gasteiger partial charge is 0.398 e. The van der Waals surface area contributed by atoms with E-state index in [1.807, 2.05) is 0 Å². The fourth-order valence-electron chi connectivity index (χ4n) is 4.14. The smallest absolute Gasteiger partial charge is 0.397 e. The standard InChI is InChI=1S/C24H18ClF4N3O3S/c25-15-4-1-3-14(23(8-9-23)24(27,28)29)18(15)22(34)31-17-5-2-10-36-20(17)19(30)13-7-6-12(11-16(13)26)21(33)32-35/h1,3-4,6-7,11H,2,5,8-10,30H2. The van der Waals surface area contributed by atoms with Gasteiger partial charge in [-0.15, -0.1) is 16.7 Å². The van der Waals surface area contributed by atoms with Gasteiger partial charge in [0, 0.05) is 16.3 Å². The minimum Gasteiger partial charge on any atom is -0.397 e. The lowest BCUT2D eigenvalue weighted by Crippen LogP contribution is -2.30. The highest BCUT2D eigenvalue weighted by atomic mass is 35.5. The topological polar surface area (TPSA) is 102 Å². The maximum Gasteiger partial charge on any atom is 0.398 e. The van der Waals surface area contributed by atoms with Crippen LogP contribution in [-0.2, 0) is 5.41 Å². The Morgan fingerprint density at radius 3 is 2.44 bits per heavy atom. The third-order valence-corrected chi connectivity index (χ3v) is 7.72. The molecule has 4 rings (SSSR count). The first-order chi connectivity index (χ1) is 17.0. The number of nitrogens with two attached hydrogens (primary N) is 1. The van der Waals surface area contributed by atoms with E-state index < -0.39 is 29.2 Å². The van der Waals surface area contributed by atoms with Gasteiger partial charge in [0.2, 0.25) is 0 Å². The first-order valence-electron chi connectivity index (χ1n) is 10.8. The zero-order valence-corrected chi connectivity index (χ0v) is 20.1. The van der Waals surface area contributed by atoms with E-state index in [1.54, 1.807) is 0 Å². The molecule has 1 aliphatic carbocycles. The molecule has 2 amide bonds. The Morgan fingerprint density at radius 1 is 1.11 bits per heavy atom. The SMILES string of the molecule is NC(=C1SCCCC1=NC(=O)c1c(Cl)cccc1C1(C(F)(F)F)CC1)c1ccc(C(=O)N=O)cc1F. The molecule has 188 valence electrons. The number of halogens is 5. The lowest BCUT2D eigenvalue weighted by atomic mass is 9.90. The van der Waals surface area contributed by atoms with E-state index in [0.717, 1.165) is 6.07 Å². The van der Waals surface area contributed by atoms with Crippen LogP contribution >= 0.6 is 23.4 Å². The summed E-state index contributed by atoms with van der Waals surface area (Å²) in [5.41, 5.74) is 3.34. The van der Waals surface area contributed by atoms with E-state index in [2.05, 4.69) is 10.2 Å². The molecule has 2 aliphatic rings. The molecular weight excluding hydrogens is 522 g/mol. The first kappa shape index (κ1) is 26.0. The Labute approximate surface area is 212 Å². The normalized spacial score (nSPS) is 19.6. The van der Waals surface area contributed by atoms with Gasteiger partial charge in [-0.05, 0) is 61.3 Å². The van der Waals surface area contributed by atoms with Crippen LogP contribution in [-0.4, -0.2) is 29.5 Å². The molecule has 2 aromatic rings. The second-order valence-corrected chi connectivity index (χ2v) is 9.90. The molecule has 36 heavy (non-hydrogen) atoms. The number of benzene rings is 2. The van der Waals surface area contributed by atoms with Crippen LogP contribution < -0.4 is 5.73 Å². The van der Waals surface area contributed by atoms with Crippen molar-refractivity contribution in [3.8, 4) is 0 Å². The van der Waals surface area contributed by atoms with Crippen molar-refractivity contribution in [1.82, 2.24) is 0 Å². The summed E-state index contributed by atoms with van der Waals surface area (Å²) in [6.07, 6.45) is -3.97. The molecule has 0 unspecified atom stereocenters. The molecule has 1 saturated carbocycles. The highest BCUT2D eigenvalue weighted by Crippen LogP contribution is 2.60. The van der Waals surface area contributed by atoms with Crippen LogP contribution in [0.25, 0.3) is 5.70 Å². The van der Waals surface area contributed by atoms with Crippen LogP contribution in [0.5, 0.6) is 0 Å². The molecule has 0 atom stereocenters. The van der Waals surface area contributed by atoms with Crippen molar-refractivity contribution in [2.75, 3.05) is 5.75 Å². The Bertz CT molecular complexity index is 1340. The number of alkyl halides is 3. The number of carbonyl (C=O) groups excluding carboxylic acids is 2. The van der Waals surface area contributed by atoms with Gasteiger partial charge in [0.05, 0.1) is 32.3 Å². The van der Waals surface area contributed by atoms with Gasteiger partial charge in [-0.25, -0.2) is 9.38 Å². The Balaban J connectivity index is 1.76. The molecule has 1 saturated heterocycles. The number of amides is 2. The summed E-state index contributed by atoms with van der Waals surface area (Å²) in [6, 6.07) is 7.16. The Kier molecular flexibility index (Phi) is 7.07. The molecule has 2 N–H and O–H groups in total. The van der Waals surface area contributed by atoms with Gasteiger partial charge in [0.15, 0.2) is 0 Å². The molecule has 2 fully saturated rings. The number of allylic oxidation sites excluding steroid dienone is 1. The predicted molar refractivity (Wildman–Crippen MR) is 130 cm³/mol. The lowest BCUT2D eigenvalue weighted by molar-refractivity contribution is -0.160. The maximum absolute atomic E-state index is 14.7. The predicted octanol–water partition coefficient (Wildman–Crippen LogP) is 6.42. The average Bonchev–Trinajstić information content (AvgIpc) is 3.65. The molecule has 6 nitrogen and oxygen atoms in total. The van der Waals surface area contributed by atoms with Gasteiger partial charge in [-0.1, -0.05) is 23.7 Å². The monoisotopic (exact) mass is 539 g/mol. The molecule has 12 heteroatoms. The Hall–Kier alpha value is -3.05. The van der Waals surface area contributed by atoms with E-state index in [0.29, 0.717) is 17.1 Å². The maximum atomic E-state index is 14.7. The fourth-order valence-corrected chi connectivity index (χ4v) is 5.47. The lowest BCUT2D eigenvalue weighted by Gasteiger charge is -2.23. The number of nitroso groups, excluding NO2 is 1. The summed E-state index contributed by atoms with van der Waals surface area (Å²) >= 11 is 7.41. The van der Waals surface area contributed by atoms with Gasteiger partial charge in [-0.3, -0.25) is 9.59 Å². The van der Waals surface area contributed by atoms with Crippen LogP contribution in [0.2, 0.25) is 5.02 Å². The van der Waals surface area contributed by atoms with Gasteiger partial charge in [-0.2, -0.15) is 13.2 Å². The number of carbonyl (C=O) groups is 2. The zero-order valence-electron chi connectivity index (χ0n) is 18.5. The van der Waals surface area contributed by atoms with E-state index in [9.17, 15) is 32.1 Å². The van der Waals surface area contributed by atoms with Gasteiger partial charge in [0.25, 0.3) is 5.91 Å². The van der Waals surface area contributed by atoms with Crippen LogP contribution in [0.4, 0.5) is 17.6 Å². The van der Waals surface area contributed by atoms with E-state index in [4.69, 9.17) is 17.3 Å². The van der Waals surface area contributed by atoms with Crippen LogP contribution in [0.3, 0.4) is 0 Å². The quantitative estimate of drug-likeness (QED) is 0.357. The second kappa shape index (κ2) is 9.78. The molecule has 1 heterocycles. The van der Waals surface area contributed by atoms with Gasteiger partial charge in [0.1, 0.15) is 5.82 Å². The summed E-state index contributed by atoms with van der Waals surface area (Å²) in [7, 11) is 0. The van der Waals surface area contributed by atoms with Crippen LogP contribution in [0, 0.1) is 10.7 Å². The molecule has 2 aromatic carbocycles. The van der Waals surface area contributed by atoms with Crippen molar-refractivity contribution in [3.05, 3.63) is 79.3 Å². The van der Waals surface area contributed by atoms with Crippen molar-refractivity contribution in [3.63, 3.8) is 0 Å². The summed E-state index contributed by atoms with van der Waals surface area (Å²) in [6.45, 7) is 0. The molecule has 0 aromatic heterocycles. The van der Waals surface area contributed by atoms with Gasteiger partial charge >= 0.3 is 12.1 Å². The number of aliphatic imine (C=N–C) groups is 1. The Morgan fingerprint density at radius 2 is 1.83 bits per heavy atom. The number of hydrogen-bond donors (Lipinski definition) is 1. The summed E-state index contributed by atoms with van der Waals surface area (Å²) in [5, 5.41) is 2.10. The minimum absolute atomic E-state index is 0.0600. The van der Waals surface area contributed by atoms with Crippen molar-refractivity contribution < 1.29 is 27.2 Å². The van der Waals surface area contributed by atoms with E-state index in [-0.39, 0.29) is 57.9 Å². The highest BCUT2D eigenvalue weighted by molar-refractivity contribution is 8.04. The van der Waals surface area contributed by atoms with Crippen molar-refractivity contribution >= 4 is 46.6 Å². The molecular formula is C24H18ClF4N3O3S. The number of hydrogen-bond acceptors (Lipinski definition) is 5. The molecule has 0 spiro atoms. The summed E-state index contributed by atoms with van der Waals surface area (Å²) < 4.78 is 56.1. The molecule has 1 aliphatic heterocycles. The van der Waals surface area contributed by atoms with Crippen LogP contribution in [0.15, 0.2) is 51.5 Å². The minimum atomic E-state index is -4.56. The van der Waals surface area contributed by atoms with Crippen molar-refractivity contribution in [1.29, 1.82) is 0 Å². The number of thioether (sulfide) groups is 1. The van der Waals surface area contributed by atoms with E-state index >= 15 is 0 Å². The first-order valence-corrected chi connectivity index (χ1v) is 12.1. The number of nitrogens with zero attached hydrogens (tertiary/aromatic N) is 2. The third-order valence-electron chi connectivity index (χ3n) is 6.17. The summed E-state index contributed by atoms with van der Waals surface area (Å²) in [5.74, 6) is -2.38. The fraction of sp³-hybridized carbons (Fsp3) is 0.292. The third kappa shape index (κ3) is 4.69. The van der Waals surface area contributed by atoms with Crippen LogP contribution in [0.1, 0.15) is 57.5 Å². The highest BCUT2D eigenvalue weighted by Gasteiger charge is 2.65. The van der Waals surface area contributed by atoms with Crippen molar-refractivity contribution in [2.45, 2.75) is 37.3 Å². The van der Waals surface area contributed by atoms with Gasteiger partial charge < -0.3 is 5.73 Å². The van der Waals surface area contributed by atoms with Crippen molar-refractivity contribution in [2.24, 2.45) is 15.9 Å². The number of rotatable bonds is 4. The summed E-state index contributed by atoms with van der Waals surface area (Å²) in [4.78, 5) is 39.5. The second-order valence-electron chi connectivity index (χ2n) is 8.39. The zero-order chi connectivity index (χ0) is 26.3. The molecule has 0 bridgehead atoms. The molecule has 0 radical (unpaired) electrons. The van der Waals surface area contributed by atoms with E-state index in [1.165, 1.54) is 42.1 Å². The average molecular weight is 540 g/mol.